The predicted molar refractivity (Wildman–Crippen MR) is 38.5 cm³/mol. The number of Topliss-reactive ketones (excluding diaryl/α,β-unsaturated/α-hetero) is 1. The molecular weight excluding hydrogens is 213 g/mol. The van der Waals surface area contributed by atoms with Gasteiger partial charge in [0.25, 0.3) is 5.91 Å². The van der Waals surface area contributed by atoms with Gasteiger partial charge in [-0.15, -0.1) is 11.6 Å². The summed E-state index contributed by atoms with van der Waals surface area (Å²) >= 11 is 5.08. The number of halogens is 2. The quantitative estimate of drug-likeness (QED) is 0.393. The second-order valence-corrected chi connectivity index (χ2v) is 3.39. The van der Waals surface area contributed by atoms with Crippen LogP contribution in [0.2, 0.25) is 0 Å². The lowest BCUT2D eigenvalue weighted by Crippen LogP contribution is -2.37. The number of nitrogens with one attached hydrogen (secondary N) is 1. The van der Waals surface area contributed by atoms with Gasteiger partial charge in [0.15, 0.2) is 11.2 Å². The molecule has 0 saturated heterocycles. The second kappa shape index (κ2) is 3.81. The molecule has 0 aliphatic heterocycles. The van der Waals surface area contributed by atoms with E-state index in [4.69, 9.17) is 11.6 Å². The summed E-state index contributed by atoms with van der Waals surface area (Å²) in [6, 6.07) is 0. The molecule has 0 aromatic rings. The Balaban J connectivity index is 4.35. The summed E-state index contributed by atoms with van der Waals surface area (Å²) in [6.45, 7) is 0.974. The van der Waals surface area contributed by atoms with Gasteiger partial charge in [-0.3, -0.25) is 9.59 Å². The highest BCUT2D eigenvalue weighted by Gasteiger charge is 2.24. The number of hydrogen-bond acceptors (Lipinski definition) is 4. The fourth-order valence-corrected chi connectivity index (χ4v) is 0.834. The van der Waals surface area contributed by atoms with Crippen molar-refractivity contribution in [2.24, 2.45) is 0 Å². The molecule has 0 radical (unpaired) electrons. The zero-order valence-electron chi connectivity index (χ0n) is 5.87. The van der Waals surface area contributed by atoms with Crippen LogP contribution in [0.25, 0.3) is 0 Å². The van der Waals surface area contributed by atoms with Gasteiger partial charge in [0.2, 0.25) is 0 Å². The van der Waals surface area contributed by atoms with Gasteiger partial charge in [0.05, 0.1) is 0 Å². The maximum atomic E-state index is 11.7. The van der Waals surface area contributed by atoms with E-state index in [0.29, 0.717) is 0 Å². The van der Waals surface area contributed by atoms with Crippen LogP contribution in [0.4, 0.5) is 3.89 Å². The third-order valence-corrected chi connectivity index (χ3v) is 1.76. The minimum absolute atomic E-state index is 0.766. The summed E-state index contributed by atoms with van der Waals surface area (Å²) in [5.41, 5.74) is 0. The molecule has 0 fully saturated rings. The Labute approximate surface area is 73.2 Å². The molecule has 1 N–H and O–H groups in total. The Kier molecular flexibility index (Phi) is 3.59. The topological polar surface area (TPSA) is 80.3 Å². The van der Waals surface area contributed by atoms with E-state index in [9.17, 15) is 21.9 Å². The second-order valence-electron chi connectivity index (χ2n) is 1.88. The molecule has 0 rings (SSSR count). The highest BCUT2D eigenvalue weighted by molar-refractivity contribution is 7.84. The third kappa shape index (κ3) is 4.24. The van der Waals surface area contributed by atoms with E-state index >= 15 is 0 Å². The monoisotopic (exact) mass is 217 g/mol. The Morgan fingerprint density at radius 1 is 1.50 bits per heavy atom. The molecule has 0 spiro atoms. The molecule has 1 amide bonds. The fraction of sp³-hybridized carbons (Fsp3) is 0.500. The van der Waals surface area contributed by atoms with Gasteiger partial charge in [-0.05, 0) is 6.92 Å². The lowest BCUT2D eigenvalue weighted by molar-refractivity contribution is -0.125. The number of rotatable bonds is 3. The highest BCUT2D eigenvalue weighted by atomic mass is 35.5. The lowest BCUT2D eigenvalue weighted by atomic mass is 10.3. The van der Waals surface area contributed by atoms with Crippen molar-refractivity contribution in [1.82, 2.24) is 4.72 Å². The molecule has 12 heavy (non-hydrogen) atoms. The molecule has 0 aromatic carbocycles. The van der Waals surface area contributed by atoms with Gasteiger partial charge < -0.3 is 0 Å². The van der Waals surface area contributed by atoms with Gasteiger partial charge in [0, 0.05) is 0 Å². The summed E-state index contributed by atoms with van der Waals surface area (Å²) in [6.07, 6.45) is 0. The van der Waals surface area contributed by atoms with Crippen molar-refractivity contribution in [3.05, 3.63) is 0 Å². The molecule has 0 aliphatic rings. The van der Waals surface area contributed by atoms with Crippen LogP contribution in [0, 0.1) is 0 Å². The summed E-state index contributed by atoms with van der Waals surface area (Å²) in [4.78, 5) is 20.9. The minimum atomic E-state index is -5.14. The molecule has 1 unspecified atom stereocenters. The molecule has 0 saturated carbocycles. The van der Waals surface area contributed by atoms with Crippen molar-refractivity contribution >= 4 is 33.7 Å². The van der Waals surface area contributed by atoms with Crippen LogP contribution >= 0.6 is 11.6 Å². The summed E-state index contributed by atoms with van der Waals surface area (Å²) < 4.78 is 32.2. The van der Waals surface area contributed by atoms with Crippen molar-refractivity contribution in [3.63, 3.8) is 0 Å². The highest BCUT2D eigenvalue weighted by Crippen LogP contribution is 1.98. The molecule has 0 aliphatic carbocycles. The van der Waals surface area contributed by atoms with Gasteiger partial charge in [0.1, 0.15) is 0 Å². The van der Waals surface area contributed by atoms with Crippen LogP contribution in [0.15, 0.2) is 0 Å². The number of amides is 1. The van der Waals surface area contributed by atoms with Crippen molar-refractivity contribution in [1.29, 1.82) is 0 Å². The standard InChI is InChI=1S/C4H5ClFNO4S/c1-2(8)3(5)4(9)7-12(6,10)11/h3H,1H3,(H,7,9). The van der Waals surface area contributed by atoms with E-state index in [-0.39, 0.29) is 0 Å². The van der Waals surface area contributed by atoms with Crippen LogP contribution in [0.5, 0.6) is 0 Å². The first-order valence-corrected chi connectivity index (χ1v) is 4.47. The molecule has 1 atom stereocenters. The normalized spacial score (nSPS) is 13.6. The van der Waals surface area contributed by atoms with Gasteiger partial charge >= 0.3 is 10.4 Å². The minimum Gasteiger partial charge on any atom is -0.298 e. The maximum Gasteiger partial charge on any atom is 0.399 e. The lowest BCUT2D eigenvalue weighted by Gasteiger charge is -2.02. The summed E-state index contributed by atoms with van der Waals surface area (Å²) in [7, 11) is -5.14. The number of carbonyl (C=O) groups is 2. The van der Waals surface area contributed by atoms with Gasteiger partial charge in [-0.2, -0.15) is 8.42 Å². The first-order chi connectivity index (χ1) is 5.24. The fourth-order valence-electron chi connectivity index (χ4n) is 0.357. The number of ketones is 1. The Hall–Kier alpha value is -0.690. The molecule has 0 bridgehead atoms. The van der Waals surface area contributed by atoms with Crippen molar-refractivity contribution < 1.29 is 21.9 Å². The average molecular weight is 218 g/mol. The van der Waals surface area contributed by atoms with Crippen molar-refractivity contribution in [3.8, 4) is 0 Å². The van der Waals surface area contributed by atoms with Crippen LogP contribution in [-0.4, -0.2) is 25.5 Å². The smallest absolute Gasteiger partial charge is 0.298 e. The van der Waals surface area contributed by atoms with E-state index in [0.717, 1.165) is 11.6 Å². The predicted octanol–water partition coefficient (Wildman–Crippen LogP) is -0.487. The van der Waals surface area contributed by atoms with Crippen molar-refractivity contribution in [2.75, 3.05) is 0 Å². The van der Waals surface area contributed by atoms with E-state index < -0.39 is 27.5 Å². The van der Waals surface area contributed by atoms with E-state index in [1.165, 1.54) is 0 Å². The Morgan fingerprint density at radius 3 is 2.17 bits per heavy atom. The van der Waals surface area contributed by atoms with E-state index in [1.54, 1.807) is 0 Å². The van der Waals surface area contributed by atoms with Crippen LogP contribution in [0.3, 0.4) is 0 Å². The Morgan fingerprint density at radius 2 is 1.92 bits per heavy atom. The number of hydrogen-bond donors (Lipinski definition) is 1. The van der Waals surface area contributed by atoms with Crippen LogP contribution < -0.4 is 4.72 Å². The molecule has 8 heteroatoms. The van der Waals surface area contributed by atoms with Crippen LogP contribution in [0.1, 0.15) is 6.92 Å². The van der Waals surface area contributed by atoms with Gasteiger partial charge in [-0.1, -0.05) is 3.89 Å². The average Bonchev–Trinajstić information content (AvgIpc) is 1.82. The molecule has 0 heterocycles. The first kappa shape index (κ1) is 11.3. The molecule has 5 nitrogen and oxygen atoms in total. The zero-order valence-corrected chi connectivity index (χ0v) is 7.45. The summed E-state index contributed by atoms with van der Waals surface area (Å²) in [5, 5.41) is -1.68. The van der Waals surface area contributed by atoms with E-state index in [1.807, 2.05) is 0 Å². The van der Waals surface area contributed by atoms with E-state index in [2.05, 4.69) is 0 Å². The largest absolute Gasteiger partial charge is 0.399 e. The summed E-state index contributed by atoms with van der Waals surface area (Å²) in [5.74, 6) is -2.16. The molecule has 70 valence electrons. The van der Waals surface area contributed by atoms with Crippen molar-refractivity contribution in [2.45, 2.75) is 12.3 Å². The number of alkyl halides is 1. The van der Waals surface area contributed by atoms with Gasteiger partial charge in [-0.25, -0.2) is 4.72 Å². The molecule has 0 aromatic heterocycles. The SMILES string of the molecule is CC(=O)C(Cl)C(=O)NS(=O)(=O)F. The van der Waals surface area contributed by atoms with Crippen LogP contribution in [-0.2, 0) is 20.0 Å². The Bertz CT molecular complexity index is 300. The molecular formula is C4H5ClFNO4S. The zero-order chi connectivity index (χ0) is 9.94. The first-order valence-electron chi connectivity index (χ1n) is 2.65. The maximum absolute atomic E-state index is 11.7. The number of carbonyl (C=O) groups excluding carboxylic acids is 2. The third-order valence-electron chi connectivity index (χ3n) is 0.810.